The molecule has 2 aromatic rings. The van der Waals surface area contributed by atoms with Crippen molar-refractivity contribution in [2.24, 2.45) is 5.92 Å². The van der Waals surface area contributed by atoms with E-state index in [9.17, 15) is 4.79 Å². The maximum absolute atomic E-state index is 11.9. The van der Waals surface area contributed by atoms with Crippen LogP contribution in [0.3, 0.4) is 0 Å². The Morgan fingerprint density at radius 3 is 2.86 bits per heavy atom. The molecule has 0 atom stereocenters. The highest BCUT2D eigenvalue weighted by Crippen LogP contribution is 2.18. The molecule has 1 aliphatic heterocycles. The fourth-order valence-corrected chi connectivity index (χ4v) is 1.85. The Balaban J connectivity index is 0.00000110. The van der Waals surface area contributed by atoms with Gasteiger partial charge < -0.3 is 15.2 Å². The first-order valence-corrected chi connectivity index (χ1v) is 6.19. The van der Waals surface area contributed by atoms with Crippen molar-refractivity contribution in [1.82, 2.24) is 20.8 Å². The molecular weight excluding hydrogens is 315 g/mol. The van der Waals surface area contributed by atoms with Crippen molar-refractivity contribution in [3.05, 3.63) is 36.3 Å². The first-order valence-electron chi connectivity index (χ1n) is 6.19. The molecule has 2 N–H and O–H groups in total. The maximum Gasteiger partial charge on any atom is 0.273 e. The fourth-order valence-electron chi connectivity index (χ4n) is 1.85. The lowest BCUT2D eigenvalue weighted by atomic mass is 10.0. The fraction of sp³-hybridized carbons (Fsp3) is 0.308. The molecule has 0 bridgehead atoms. The molecule has 3 heterocycles. The number of amides is 1. The minimum absolute atomic E-state index is 0. The predicted octanol–water partition coefficient (Wildman–Crippen LogP) is 1.53. The summed E-state index contributed by atoms with van der Waals surface area (Å²) in [5, 5.41) is 9.79. The Bertz CT molecular complexity index is 573. The van der Waals surface area contributed by atoms with Gasteiger partial charge in [0.05, 0.1) is 0 Å². The first-order chi connectivity index (χ1) is 9.33. The lowest BCUT2D eigenvalue weighted by molar-refractivity contribution is 0.0933. The number of carbonyl (C=O) groups is 1. The molecule has 1 aliphatic rings. The highest BCUT2D eigenvalue weighted by molar-refractivity contribution is 5.93. The van der Waals surface area contributed by atoms with E-state index in [1.165, 1.54) is 0 Å². The highest BCUT2D eigenvalue weighted by atomic mass is 35.5. The van der Waals surface area contributed by atoms with Crippen molar-refractivity contribution in [3.8, 4) is 11.3 Å². The normalized spacial score (nSPS) is 13.5. The summed E-state index contributed by atoms with van der Waals surface area (Å²) in [6.45, 7) is 2.58. The summed E-state index contributed by atoms with van der Waals surface area (Å²) in [7, 11) is 0. The molecule has 0 spiro atoms. The molecular formula is C13H16Cl2N4O2. The molecule has 2 aromatic heterocycles. The summed E-state index contributed by atoms with van der Waals surface area (Å²) >= 11 is 0. The number of rotatable bonds is 4. The Morgan fingerprint density at radius 2 is 2.24 bits per heavy atom. The Labute approximate surface area is 134 Å². The third kappa shape index (κ3) is 4.17. The van der Waals surface area contributed by atoms with E-state index in [2.05, 4.69) is 20.8 Å². The summed E-state index contributed by atoms with van der Waals surface area (Å²) in [6.07, 6.45) is 3.35. The van der Waals surface area contributed by atoms with Crippen LogP contribution >= 0.6 is 24.8 Å². The van der Waals surface area contributed by atoms with Crippen molar-refractivity contribution >= 4 is 30.7 Å². The standard InChI is InChI=1S/C13H14N4O2.2ClH/c18-13(16-7-9-5-15-6-9)11-4-12(19-17-11)10-2-1-3-14-8-10;;/h1-4,8-9,15H,5-7H2,(H,16,18);2*1H. The van der Waals surface area contributed by atoms with Crippen LogP contribution in [-0.4, -0.2) is 35.7 Å². The van der Waals surface area contributed by atoms with E-state index in [0.717, 1.165) is 18.7 Å². The minimum Gasteiger partial charge on any atom is -0.355 e. The number of hydrogen-bond acceptors (Lipinski definition) is 5. The third-order valence-corrected chi connectivity index (χ3v) is 3.11. The van der Waals surface area contributed by atoms with Gasteiger partial charge in [-0.1, -0.05) is 5.16 Å². The molecule has 6 nitrogen and oxygen atoms in total. The van der Waals surface area contributed by atoms with Crippen LogP contribution in [0.4, 0.5) is 0 Å². The van der Waals surface area contributed by atoms with Crippen molar-refractivity contribution in [3.63, 3.8) is 0 Å². The topological polar surface area (TPSA) is 80.0 Å². The summed E-state index contributed by atoms with van der Waals surface area (Å²) in [4.78, 5) is 15.9. The number of halogens is 2. The van der Waals surface area contributed by atoms with Gasteiger partial charge in [-0.2, -0.15) is 0 Å². The van der Waals surface area contributed by atoms with Crippen LogP contribution in [0.2, 0.25) is 0 Å². The van der Waals surface area contributed by atoms with Crippen LogP contribution in [0.5, 0.6) is 0 Å². The maximum atomic E-state index is 11.9. The predicted molar refractivity (Wildman–Crippen MR) is 82.9 cm³/mol. The van der Waals surface area contributed by atoms with E-state index >= 15 is 0 Å². The van der Waals surface area contributed by atoms with Gasteiger partial charge in [-0.3, -0.25) is 9.78 Å². The number of aromatic nitrogens is 2. The smallest absolute Gasteiger partial charge is 0.273 e. The van der Waals surface area contributed by atoms with E-state index in [4.69, 9.17) is 4.52 Å². The lowest BCUT2D eigenvalue weighted by Gasteiger charge is -2.26. The number of nitrogens with one attached hydrogen (secondary N) is 2. The molecule has 0 aliphatic carbocycles. The van der Waals surface area contributed by atoms with E-state index in [0.29, 0.717) is 23.9 Å². The molecule has 114 valence electrons. The Morgan fingerprint density at radius 1 is 1.43 bits per heavy atom. The van der Waals surface area contributed by atoms with E-state index in [-0.39, 0.29) is 30.7 Å². The monoisotopic (exact) mass is 330 g/mol. The largest absolute Gasteiger partial charge is 0.355 e. The molecule has 1 fully saturated rings. The lowest BCUT2D eigenvalue weighted by Crippen LogP contribution is -2.48. The van der Waals surface area contributed by atoms with Gasteiger partial charge in [0, 0.05) is 49.6 Å². The number of pyridine rings is 1. The first kappa shape index (κ1) is 17.4. The quantitative estimate of drug-likeness (QED) is 0.888. The highest BCUT2D eigenvalue weighted by Gasteiger charge is 2.19. The molecule has 1 saturated heterocycles. The number of nitrogens with zero attached hydrogens (tertiary/aromatic N) is 2. The van der Waals surface area contributed by atoms with Gasteiger partial charge in [-0.15, -0.1) is 24.8 Å². The molecule has 0 saturated carbocycles. The van der Waals surface area contributed by atoms with Crippen molar-refractivity contribution < 1.29 is 9.32 Å². The third-order valence-electron chi connectivity index (χ3n) is 3.11. The van der Waals surface area contributed by atoms with Crippen LogP contribution in [0.15, 0.2) is 35.1 Å². The minimum atomic E-state index is -0.203. The second-order valence-electron chi connectivity index (χ2n) is 4.55. The van der Waals surface area contributed by atoms with Gasteiger partial charge in [-0.25, -0.2) is 0 Å². The number of hydrogen-bond donors (Lipinski definition) is 2. The van der Waals surface area contributed by atoms with Crippen molar-refractivity contribution in [2.75, 3.05) is 19.6 Å². The van der Waals surface area contributed by atoms with Gasteiger partial charge in [0.15, 0.2) is 11.5 Å². The van der Waals surface area contributed by atoms with Gasteiger partial charge in [0.2, 0.25) is 0 Å². The summed E-state index contributed by atoms with van der Waals surface area (Å²) in [5.74, 6) is 0.864. The van der Waals surface area contributed by atoms with Gasteiger partial charge in [0.1, 0.15) is 0 Å². The zero-order valence-electron chi connectivity index (χ0n) is 11.1. The van der Waals surface area contributed by atoms with Crippen molar-refractivity contribution in [1.29, 1.82) is 0 Å². The Hall–Kier alpha value is -1.63. The second-order valence-corrected chi connectivity index (χ2v) is 4.55. The zero-order chi connectivity index (χ0) is 13.1. The second kappa shape index (κ2) is 7.97. The molecule has 0 aromatic carbocycles. The van der Waals surface area contributed by atoms with E-state index in [1.54, 1.807) is 24.5 Å². The molecule has 0 unspecified atom stereocenters. The van der Waals surface area contributed by atoms with Gasteiger partial charge in [0.25, 0.3) is 5.91 Å². The number of carbonyl (C=O) groups excluding carboxylic acids is 1. The molecule has 0 radical (unpaired) electrons. The average Bonchev–Trinajstić information content (AvgIpc) is 2.87. The van der Waals surface area contributed by atoms with Gasteiger partial charge in [-0.05, 0) is 12.1 Å². The van der Waals surface area contributed by atoms with E-state index < -0.39 is 0 Å². The summed E-state index contributed by atoms with van der Waals surface area (Å²) < 4.78 is 5.16. The van der Waals surface area contributed by atoms with Crippen LogP contribution in [0.1, 0.15) is 10.5 Å². The average molecular weight is 331 g/mol. The molecule has 8 heteroatoms. The van der Waals surface area contributed by atoms with Crippen LogP contribution in [-0.2, 0) is 0 Å². The Kier molecular flexibility index (Phi) is 6.61. The molecule has 21 heavy (non-hydrogen) atoms. The zero-order valence-corrected chi connectivity index (χ0v) is 12.7. The van der Waals surface area contributed by atoms with Crippen LogP contribution in [0.25, 0.3) is 11.3 Å². The summed E-state index contributed by atoms with van der Waals surface area (Å²) in [6, 6.07) is 5.29. The van der Waals surface area contributed by atoms with Crippen LogP contribution in [0, 0.1) is 5.92 Å². The van der Waals surface area contributed by atoms with E-state index in [1.807, 2.05) is 6.07 Å². The van der Waals surface area contributed by atoms with Crippen molar-refractivity contribution in [2.45, 2.75) is 0 Å². The molecule has 3 rings (SSSR count). The molecule has 1 amide bonds. The van der Waals surface area contributed by atoms with Crippen LogP contribution < -0.4 is 10.6 Å². The summed E-state index contributed by atoms with van der Waals surface area (Å²) in [5.41, 5.74) is 1.10. The van der Waals surface area contributed by atoms with Gasteiger partial charge >= 0.3 is 0 Å². The SMILES string of the molecule is Cl.Cl.O=C(NCC1CNC1)c1cc(-c2cccnc2)on1.